The van der Waals surface area contributed by atoms with Crippen LogP contribution in [0.15, 0.2) is 22.0 Å². The molecule has 0 amide bonds. The van der Waals surface area contributed by atoms with E-state index in [1.807, 2.05) is 6.07 Å². The molecule has 0 aliphatic carbocycles. The maximum atomic E-state index is 13.3. The predicted molar refractivity (Wildman–Crippen MR) is 69.0 cm³/mol. The molecule has 0 saturated carbocycles. The Balaban J connectivity index is 2.36. The Kier molecular flexibility index (Phi) is 3.73. The van der Waals surface area contributed by atoms with Gasteiger partial charge in [0.05, 0.1) is 4.88 Å². The van der Waals surface area contributed by atoms with E-state index < -0.39 is 5.38 Å². The summed E-state index contributed by atoms with van der Waals surface area (Å²) in [7, 11) is 0. The van der Waals surface area contributed by atoms with Crippen LogP contribution in [0.4, 0.5) is 4.39 Å². The second-order valence-corrected chi connectivity index (χ2v) is 6.69. The third-order valence-electron chi connectivity index (χ3n) is 1.79. The summed E-state index contributed by atoms with van der Waals surface area (Å²) in [6, 6.07) is 3.24. The average Bonchev–Trinajstić information content (AvgIpc) is 2.74. The summed E-state index contributed by atoms with van der Waals surface area (Å²) in [5.74, 6) is -0.263. The van der Waals surface area contributed by atoms with Crippen molar-refractivity contribution in [1.82, 2.24) is 0 Å². The molecule has 2 heterocycles. The van der Waals surface area contributed by atoms with Crippen molar-refractivity contribution >= 4 is 61.8 Å². The molecular weight excluding hydrogens is 342 g/mol. The van der Waals surface area contributed by atoms with Gasteiger partial charge in [-0.2, -0.15) is 0 Å². The number of halogens is 4. The SMILES string of the molecule is Fc1ccsc1C(Cl)c1cc(Br)c(Cl)s1. The second kappa shape index (κ2) is 4.72. The molecule has 1 atom stereocenters. The lowest BCUT2D eigenvalue weighted by Gasteiger charge is -2.03. The van der Waals surface area contributed by atoms with Crippen LogP contribution in [0.1, 0.15) is 15.1 Å². The number of thiophene rings is 2. The maximum absolute atomic E-state index is 13.3. The lowest BCUT2D eigenvalue weighted by atomic mass is 10.3. The molecule has 80 valence electrons. The first-order valence-electron chi connectivity index (χ1n) is 3.91. The van der Waals surface area contributed by atoms with E-state index in [1.54, 1.807) is 5.38 Å². The Morgan fingerprint density at radius 1 is 1.47 bits per heavy atom. The molecule has 0 aliphatic heterocycles. The van der Waals surface area contributed by atoms with E-state index in [9.17, 15) is 4.39 Å². The molecule has 2 rings (SSSR count). The van der Waals surface area contributed by atoms with Gasteiger partial charge in [0.15, 0.2) is 0 Å². The van der Waals surface area contributed by atoms with Gasteiger partial charge >= 0.3 is 0 Å². The summed E-state index contributed by atoms with van der Waals surface area (Å²) < 4.78 is 14.7. The van der Waals surface area contributed by atoms with Crippen LogP contribution in [0.2, 0.25) is 4.34 Å². The third kappa shape index (κ3) is 2.39. The minimum atomic E-state index is -0.459. The van der Waals surface area contributed by atoms with Crippen LogP contribution in [0.25, 0.3) is 0 Å². The molecule has 0 N–H and O–H groups in total. The highest BCUT2D eigenvalue weighted by molar-refractivity contribution is 9.10. The molecule has 0 saturated heterocycles. The summed E-state index contributed by atoms with van der Waals surface area (Å²) >= 11 is 18.0. The minimum absolute atomic E-state index is 0.263. The Hall–Kier alpha value is 0.390. The Morgan fingerprint density at radius 3 is 2.67 bits per heavy atom. The highest BCUT2D eigenvalue weighted by Crippen LogP contribution is 2.42. The number of rotatable bonds is 2. The largest absolute Gasteiger partial charge is 0.206 e. The molecule has 0 radical (unpaired) electrons. The van der Waals surface area contributed by atoms with Crippen molar-refractivity contribution in [3.63, 3.8) is 0 Å². The van der Waals surface area contributed by atoms with Gasteiger partial charge in [-0.25, -0.2) is 4.39 Å². The first kappa shape index (κ1) is 11.9. The van der Waals surface area contributed by atoms with Crippen molar-refractivity contribution in [1.29, 1.82) is 0 Å². The Labute approximate surface area is 113 Å². The van der Waals surface area contributed by atoms with Crippen molar-refractivity contribution in [3.05, 3.63) is 41.9 Å². The zero-order valence-corrected chi connectivity index (χ0v) is 11.9. The highest BCUT2D eigenvalue weighted by atomic mass is 79.9. The van der Waals surface area contributed by atoms with Gasteiger partial charge in [0.1, 0.15) is 15.5 Å². The molecule has 0 bridgehead atoms. The van der Waals surface area contributed by atoms with Gasteiger partial charge in [0.2, 0.25) is 0 Å². The van der Waals surface area contributed by atoms with Gasteiger partial charge in [0.25, 0.3) is 0 Å². The summed E-state index contributed by atoms with van der Waals surface area (Å²) in [6.45, 7) is 0. The molecular formula is C9H4BrCl2FS2. The smallest absolute Gasteiger partial charge is 0.138 e. The number of alkyl halides is 1. The minimum Gasteiger partial charge on any atom is -0.206 e. The second-order valence-electron chi connectivity index (χ2n) is 2.77. The number of hydrogen-bond donors (Lipinski definition) is 0. The first-order valence-corrected chi connectivity index (χ1v) is 7.21. The monoisotopic (exact) mass is 344 g/mol. The van der Waals surface area contributed by atoms with Crippen molar-refractivity contribution in [2.24, 2.45) is 0 Å². The quantitative estimate of drug-likeness (QED) is 0.613. The van der Waals surface area contributed by atoms with Crippen LogP contribution in [-0.4, -0.2) is 0 Å². The normalized spacial score (nSPS) is 13.1. The van der Waals surface area contributed by atoms with Gasteiger partial charge < -0.3 is 0 Å². The molecule has 15 heavy (non-hydrogen) atoms. The van der Waals surface area contributed by atoms with Crippen molar-refractivity contribution in [2.45, 2.75) is 5.38 Å². The molecule has 1 unspecified atom stereocenters. The lowest BCUT2D eigenvalue weighted by Crippen LogP contribution is -1.88. The fourth-order valence-corrected chi connectivity index (χ4v) is 4.12. The lowest BCUT2D eigenvalue weighted by molar-refractivity contribution is 0.621. The summed E-state index contributed by atoms with van der Waals surface area (Å²) in [5, 5.41) is 1.23. The van der Waals surface area contributed by atoms with Crippen molar-refractivity contribution in [3.8, 4) is 0 Å². The molecule has 2 aromatic rings. The highest BCUT2D eigenvalue weighted by Gasteiger charge is 2.19. The van der Waals surface area contributed by atoms with Gasteiger partial charge in [0, 0.05) is 9.35 Å². The Morgan fingerprint density at radius 2 is 2.20 bits per heavy atom. The molecule has 0 fully saturated rings. The van der Waals surface area contributed by atoms with E-state index in [-0.39, 0.29) is 5.82 Å². The van der Waals surface area contributed by atoms with Gasteiger partial charge in [-0.15, -0.1) is 34.3 Å². The molecule has 0 nitrogen and oxygen atoms in total. The zero-order valence-electron chi connectivity index (χ0n) is 7.14. The fraction of sp³-hybridized carbons (Fsp3) is 0.111. The molecule has 0 aromatic carbocycles. The topological polar surface area (TPSA) is 0 Å². The fourth-order valence-electron chi connectivity index (χ4n) is 1.10. The standard InChI is InChI=1S/C9H4BrCl2FS2/c10-4-3-6(15-9(4)12)7(11)8-5(13)1-2-14-8/h1-3,7H. The molecule has 0 spiro atoms. The van der Waals surface area contributed by atoms with E-state index in [4.69, 9.17) is 23.2 Å². The van der Waals surface area contributed by atoms with Crippen molar-refractivity contribution < 1.29 is 4.39 Å². The first-order chi connectivity index (χ1) is 7.09. The summed E-state index contributed by atoms with van der Waals surface area (Å²) in [6.07, 6.45) is 0. The van der Waals surface area contributed by atoms with E-state index in [2.05, 4.69) is 15.9 Å². The molecule has 6 heteroatoms. The van der Waals surface area contributed by atoms with E-state index in [0.29, 0.717) is 9.21 Å². The van der Waals surface area contributed by atoms with Gasteiger partial charge in [-0.1, -0.05) is 11.6 Å². The van der Waals surface area contributed by atoms with E-state index >= 15 is 0 Å². The van der Waals surface area contributed by atoms with Gasteiger partial charge in [-0.3, -0.25) is 0 Å². The number of hydrogen-bond acceptors (Lipinski definition) is 2. The Bertz CT molecular complexity index is 461. The predicted octanol–water partition coefficient (Wildman–Crippen LogP) is 5.69. The van der Waals surface area contributed by atoms with Crippen LogP contribution < -0.4 is 0 Å². The maximum Gasteiger partial charge on any atom is 0.138 e. The van der Waals surface area contributed by atoms with Crippen LogP contribution in [-0.2, 0) is 0 Å². The van der Waals surface area contributed by atoms with E-state index in [0.717, 1.165) is 9.35 Å². The van der Waals surface area contributed by atoms with Crippen LogP contribution in [0, 0.1) is 5.82 Å². The molecule has 2 aromatic heterocycles. The van der Waals surface area contributed by atoms with Gasteiger partial charge in [-0.05, 0) is 33.4 Å². The van der Waals surface area contributed by atoms with Crippen LogP contribution >= 0.6 is 61.8 Å². The third-order valence-corrected chi connectivity index (χ3v) is 6.00. The summed E-state index contributed by atoms with van der Waals surface area (Å²) in [5.41, 5.74) is 0. The van der Waals surface area contributed by atoms with Crippen LogP contribution in [0.3, 0.4) is 0 Å². The average molecular weight is 346 g/mol. The van der Waals surface area contributed by atoms with E-state index in [1.165, 1.54) is 28.7 Å². The summed E-state index contributed by atoms with van der Waals surface area (Å²) in [4.78, 5) is 1.37. The molecule has 0 aliphatic rings. The zero-order chi connectivity index (χ0) is 11.0. The van der Waals surface area contributed by atoms with Crippen molar-refractivity contribution in [2.75, 3.05) is 0 Å². The van der Waals surface area contributed by atoms with Crippen LogP contribution in [0.5, 0.6) is 0 Å².